The summed E-state index contributed by atoms with van der Waals surface area (Å²) in [6, 6.07) is 12.0. The van der Waals surface area contributed by atoms with Crippen molar-refractivity contribution in [3.8, 4) is 5.75 Å². The fourth-order valence-corrected chi connectivity index (χ4v) is 2.66. The lowest BCUT2D eigenvalue weighted by Crippen LogP contribution is -2.00. The zero-order valence-electron chi connectivity index (χ0n) is 11.5. The number of benzene rings is 2. The van der Waals surface area contributed by atoms with Crippen LogP contribution < -0.4 is 4.74 Å². The Bertz CT molecular complexity index is 683. The van der Waals surface area contributed by atoms with Crippen molar-refractivity contribution in [2.24, 2.45) is 0 Å². The summed E-state index contributed by atoms with van der Waals surface area (Å²) >= 11 is 1.43. The Hall–Kier alpha value is -2.34. The van der Waals surface area contributed by atoms with Gasteiger partial charge in [-0.1, -0.05) is 11.8 Å². The first-order valence-corrected chi connectivity index (χ1v) is 6.94. The van der Waals surface area contributed by atoms with Gasteiger partial charge in [-0.25, -0.2) is 0 Å². The Morgan fingerprint density at radius 2 is 1.76 bits per heavy atom. The number of Topliss-reactive ketones (excluding diaryl/α,β-unsaturated/α-hetero) is 1. The molecule has 0 aromatic heterocycles. The van der Waals surface area contributed by atoms with E-state index in [1.807, 2.05) is 24.3 Å². The highest BCUT2D eigenvalue weighted by Gasteiger charge is 2.17. The lowest BCUT2D eigenvalue weighted by Gasteiger charge is -2.05. The van der Waals surface area contributed by atoms with Gasteiger partial charge in [-0.3, -0.25) is 14.9 Å². The molecule has 0 amide bonds. The topological polar surface area (TPSA) is 69.4 Å². The Labute approximate surface area is 126 Å². The number of carbonyl (C=O) groups is 1. The van der Waals surface area contributed by atoms with Gasteiger partial charge in [-0.2, -0.15) is 0 Å². The fraction of sp³-hybridized carbons (Fsp3) is 0.133. The molecule has 2 aromatic rings. The van der Waals surface area contributed by atoms with Crippen LogP contribution in [0.15, 0.2) is 52.3 Å². The minimum atomic E-state index is -0.543. The number of nitro benzene ring substituents is 1. The lowest BCUT2D eigenvalue weighted by atomic mass is 10.1. The van der Waals surface area contributed by atoms with Crippen LogP contribution in [0.4, 0.5) is 5.69 Å². The van der Waals surface area contributed by atoms with Crippen LogP contribution in [0.1, 0.15) is 17.3 Å². The summed E-state index contributed by atoms with van der Waals surface area (Å²) < 4.78 is 5.08. The van der Waals surface area contributed by atoms with Crippen LogP contribution in [0, 0.1) is 10.1 Å². The van der Waals surface area contributed by atoms with Gasteiger partial charge in [0.15, 0.2) is 5.78 Å². The molecule has 0 aliphatic heterocycles. The third-order valence-electron chi connectivity index (χ3n) is 2.84. The number of nitrogens with zero attached hydrogens (tertiary/aromatic N) is 1. The molecule has 6 heteroatoms. The van der Waals surface area contributed by atoms with Gasteiger partial charge in [-0.15, -0.1) is 0 Å². The van der Waals surface area contributed by atoms with Crippen LogP contribution in [0.3, 0.4) is 0 Å². The maximum atomic E-state index is 11.5. The normalized spacial score (nSPS) is 10.2. The van der Waals surface area contributed by atoms with E-state index in [4.69, 9.17) is 4.74 Å². The Morgan fingerprint density at radius 1 is 1.14 bits per heavy atom. The number of rotatable bonds is 5. The number of methoxy groups -OCH3 is 1. The molecule has 0 radical (unpaired) electrons. The van der Waals surface area contributed by atoms with Crippen molar-refractivity contribution in [3.63, 3.8) is 0 Å². The van der Waals surface area contributed by atoms with Gasteiger partial charge in [0.2, 0.25) is 0 Å². The molecule has 21 heavy (non-hydrogen) atoms. The van der Waals surface area contributed by atoms with Crippen molar-refractivity contribution < 1.29 is 14.5 Å². The van der Waals surface area contributed by atoms with E-state index in [1.165, 1.54) is 24.8 Å². The van der Waals surface area contributed by atoms with Crippen LogP contribution in [-0.2, 0) is 0 Å². The summed E-state index contributed by atoms with van der Waals surface area (Å²) in [4.78, 5) is 23.6. The molecule has 0 spiro atoms. The van der Waals surface area contributed by atoms with E-state index in [1.54, 1.807) is 19.2 Å². The van der Waals surface area contributed by atoms with Gasteiger partial charge in [0, 0.05) is 15.9 Å². The molecule has 2 rings (SSSR count). The number of ketones is 1. The first kappa shape index (κ1) is 15.1. The highest BCUT2D eigenvalue weighted by molar-refractivity contribution is 7.99. The maximum Gasteiger partial charge on any atom is 0.280 e. The van der Waals surface area contributed by atoms with E-state index < -0.39 is 4.92 Å². The number of hydrogen-bond acceptors (Lipinski definition) is 5. The van der Waals surface area contributed by atoms with Crippen molar-refractivity contribution in [2.45, 2.75) is 16.7 Å². The Kier molecular flexibility index (Phi) is 4.59. The van der Waals surface area contributed by atoms with E-state index in [0.29, 0.717) is 0 Å². The number of ether oxygens (including phenoxy) is 1. The van der Waals surface area contributed by atoms with Gasteiger partial charge >= 0.3 is 0 Å². The van der Waals surface area contributed by atoms with Gasteiger partial charge in [-0.05, 0) is 43.3 Å². The second kappa shape index (κ2) is 6.41. The van der Waals surface area contributed by atoms with Gasteiger partial charge < -0.3 is 4.74 Å². The summed E-state index contributed by atoms with van der Waals surface area (Å²) in [5.41, 5.74) is -0.0416. The molecule has 0 saturated carbocycles. The fourth-order valence-electron chi connectivity index (χ4n) is 1.80. The summed E-state index contributed by atoms with van der Waals surface area (Å²) in [7, 11) is 1.59. The van der Waals surface area contributed by atoms with E-state index in [-0.39, 0.29) is 17.0 Å². The van der Waals surface area contributed by atoms with Gasteiger partial charge in [0.05, 0.1) is 17.6 Å². The molecule has 0 unspecified atom stereocenters. The molecule has 2 aromatic carbocycles. The SMILES string of the molecule is COc1ccc(Sc2ccc([N+](=O)[O-])c(C(C)=O)c2)cc1. The van der Waals surface area contributed by atoms with Crippen molar-refractivity contribution >= 4 is 23.2 Å². The molecule has 0 saturated heterocycles. The lowest BCUT2D eigenvalue weighted by molar-refractivity contribution is -0.385. The van der Waals surface area contributed by atoms with Crippen LogP contribution in [0.2, 0.25) is 0 Å². The van der Waals surface area contributed by atoms with E-state index >= 15 is 0 Å². The first-order valence-electron chi connectivity index (χ1n) is 6.12. The highest BCUT2D eigenvalue weighted by atomic mass is 32.2. The zero-order valence-corrected chi connectivity index (χ0v) is 12.3. The van der Waals surface area contributed by atoms with Crippen LogP contribution in [0.5, 0.6) is 5.75 Å². The molecule has 0 aliphatic rings. The smallest absolute Gasteiger partial charge is 0.280 e. The summed E-state index contributed by atoms with van der Waals surface area (Å²) in [5, 5.41) is 10.9. The maximum absolute atomic E-state index is 11.5. The predicted molar refractivity (Wildman–Crippen MR) is 80.2 cm³/mol. The minimum Gasteiger partial charge on any atom is -0.497 e. The molecule has 108 valence electrons. The molecule has 0 heterocycles. The van der Waals surface area contributed by atoms with Gasteiger partial charge in [0.1, 0.15) is 5.75 Å². The average Bonchev–Trinajstić information content (AvgIpc) is 2.47. The van der Waals surface area contributed by atoms with Gasteiger partial charge in [0.25, 0.3) is 5.69 Å². The molecule has 0 bridgehead atoms. The Morgan fingerprint density at radius 3 is 2.29 bits per heavy atom. The third-order valence-corrected chi connectivity index (χ3v) is 3.84. The summed E-state index contributed by atoms with van der Waals surface area (Å²) in [6.07, 6.45) is 0. The monoisotopic (exact) mass is 303 g/mol. The number of nitro groups is 1. The second-order valence-electron chi connectivity index (χ2n) is 4.27. The predicted octanol–water partition coefficient (Wildman–Crippen LogP) is 3.96. The zero-order chi connectivity index (χ0) is 15.4. The largest absolute Gasteiger partial charge is 0.497 e. The van der Waals surface area contributed by atoms with Crippen molar-refractivity contribution in [2.75, 3.05) is 7.11 Å². The standard InChI is InChI=1S/C15H13NO4S/c1-10(17)14-9-13(7-8-15(14)16(18)19)21-12-5-3-11(20-2)4-6-12/h3-9H,1-2H3. The summed E-state index contributed by atoms with van der Waals surface area (Å²) in [6.45, 7) is 1.32. The molecule has 0 aliphatic carbocycles. The minimum absolute atomic E-state index is 0.124. The van der Waals surface area contributed by atoms with E-state index in [0.717, 1.165) is 15.5 Å². The third kappa shape index (κ3) is 3.61. The van der Waals surface area contributed by atoms with Crippen molar-refractivity contribution in [1.82, 2.24) is 0 Å². The van der Waals surface area contributed by atoms with Crippen LogP contribution in [0.25, 0.3) is 0 Å². The molecule has 0 N–H and O–H groups in total. The summed E-state index contributed by atoms with van der Waals surface area (Å²) in [5.74, 6) is 0.436. The quantitative estimate of drug-likeness (QED) is 0.475. The molecular weight excluding hydrogens is 290 g/mol. The van der Waals surface area contributed by atoms with E-state index in [2.05, 4.69) is 0 Å². The van der Waals surface area contributed by atoms with Crippen LogP contribution >= 0.6 is 11.8 Å². The first-order chi connectivity index (χ1) is 10.0. The van der Waals surface area contributed by atoms with Crippen molar-refractivity contribution in [1.29, 1.82) is 0 Å². The average molecular weight is 303 g/mol. The van der Waals surface area contributed by atoms with Crippen LogP contribution in [-0.4, -0.2) is 17.8 Å². The molecule has 0 fully saturated rings. The Balaban J connectivity index is 2.29. The highest BCUT2D eigenvalue weighted by Crippen LogP contribution is 2.32. The molecule has 0 atom stereocenters. The second-order valence-corrected chi connectivity index (χ2v) is 5.42. The molecular formula is C15H13NO4S. The van der Waals surface area contributed by atoms with Crippen molar-refractivity contribution in [3.05, 3.63) is 58.1 Å². The number of carbonyl (C=O) groups excluding carboxylic acids is 1. The number of hydrogen-bond donors (Lipinski definition) is 0. The van der Waals surface area contributed by atoms with E-state index in [9.17, 15) is 14.9 Å². The molecule has 5 nitrogen and oxygen atoms in total.